The normalized spacial score (nSPS) is 17.2. The number of cyclic esters (lactones) is 1. The number of aliphatic hydroxyl groups is 1. The Hall–Kier alpha value is -2.24. The summed E-state index contributed by atoms with van der Waals surface area (Å²) in [4.78, 5) is 13.2. The van der Waals surface area contributed by atoms with Crippen LogP contribution in [-0.4, -0.2) is 30.5 Å². The molecule has 5 nitrogen and oxygen atoms in total. The van der Waals surface area contributed by atoms with Crippen LogP contribution in [0.3, 0.4) is 0 Å². The summed E-state index contributed by atoms with van der Waals surface area (Å²) in [6.45, 7) is 0.583. The molecule has 0 unspecified atom stereocenters. The maximum absolute atomic E-state index is 11.7. The molecule has 1 aliphatic rings. The lowest BCUT2D eigenvalue weighted by molar-refractivity contribution is 0.0963. The number of anilines is 1. The molecule has 0 bridgehead atoms. The summed E-state index contributed by atoms with van der Waals surface area (Å²) in [5.41, 5.74) is 1.69. The van der Waals surface area contributed by atoms with Gasteiger partial charge in [-0.2, -0.15) is 0 Å². The van der Waals surface area contributed by atoms with Crippen LogP contribution in [0, 0.1) is 0 Å². The molecule has 23 heavy (non-hydrogen) atoms. The number of carbonyl (C=O) groups is 1. The number of hydrogen-bond donors (Lipinski definition) is 1. The fraction of sp³-hybridized carbons (Fsp3) is 0.235. The Balaban J connectivity index is 1.62. The van der Waals surface area contributed by atoms with Gasteiger partial charge in [-0.15, -0.1) is 0 Å². The SMILES string of the molecule is O=C1O[C@@H](CO)CN1c1ccc(OCc2cccc(Cl)c2)cc1. The van der Waals surface area contributed by atoms with E-state index in [9.17, 15) is 4.79 Å². The van der Waals surface area contributed by atoms with Crippen molar-refractivity contribution in [3.05, 3.63) is 59.1 Å². The molecule has 1 saturated heterocycles. The van der Waals surface area contributed by atoms with Crippen molar-refractivity contribution in [3.8, 4) is 5.75 Å². The maximum Gasteiger partial charge on any atom is 0.414 e. The zero-order valence-corrected chi connectivity index (χ0v) is 13.1. The molecular weight excluding hydrogens is 318 g/mol. The van der Waals surface area contributed by atoms with E-state index in [2.05, 4.69) is 0 Å². The summed E-state index contributed by atoms with van der Waals surface area (Å²) >= 11 is 5.93. The summed E-state index contributed by atoms with van der Waals surface area (Å²) in [6.07, 6.45) is -0.919. The van der Waals surface area contributed by atoms with Crippen LogP contribution in [0.15, 0.2) is 48.5 Å². The highest BCUT2D eigenvalue weighted by atomic mass is 35.5. The van der Waals surface area contributed by atoms with Crippen molar-refractivity contribution in [2.24, 2.45) is 0 Å². The summed E-state index contributed by atoms with van der Waals surface area (Å²) in [6, 6.07) is 14.6. The van der Waals surface area contributed by atoms with Crippen molar-refractivity contribution < 1.29 is 19.4 Å². The van der Waals surface area contributed by atoms with Crippen LogP contribution in [0.4, 0.5) is 10.5 Å². The molecule has 1 amide bonds. The second kappa shape index (κ2) is 6.89. The number of halogens is 1. The number of carbonyl (C=O) groups excluding carboxylic acids is 1. The van der Waals surface area contributed by atoms with E-state index in [1.807, 2.05) is 24.3 Å². The van der Waals surface area contributed by atoms with Crippen LogP contribution < -0.4 is 9.64 Å². The minimum absolute atomic E-state index is 0.178. The molecule has 1 N–H and O–H groups in total. The lowest BCUT2D eigenvalue weighted by atomic mass is 10.2. The third kappa shape index (κ3) is 3.75. The summed E-state index contributed by atoms with van der Waals surface area (Å²) in [5, 5.41) is 9.73. The maximum atomic E-state index is 11.7. The van der Waals surface area contributed by atoms with Gasteiger partial charge in [0.25, 0.3) is 0 Å². The number of hydrogen-bond acceptors (Lipinski definition) is 4. The van der Waals surface area contributed by atoms with Crippen LogP contribution in [0.2, 0.25) is 5.02 Å². The molecule has 2 aromatic rings. The van der Waals surface area contributed by atoms with Gasteiger partial charge in [-0.05, 0) is 42.0 Å². The van der Waals surface area contributed by atoms with Gasteiger partial charge in [0.1, 0.15) is 18.5 Å². The Labute approximate surface area is 139 Å². The van der Waals surface area contributed by atoms with Gasteiger partial charge in [0.15, 0.2) is 0 Å². The van der Waals surface area contributed by atoms with Gasteiger partial charge in [0.05, 0.1) is 13.2 Å². The molecule has 6 heteroatoms. The monoisotopic (exact) mass is 333 g/mol. The van der Waals surface area contributed by atoms with Gasteiger partial charge >= 0.3 is 6.09 Å². The fourth-order valence-corrected chi connectivity index (χ4v) is 2.56. The highest BCUT2D eigenvalue weighted by molar-refractivity contribution is 6.30. The van der Waals surface area contributed by atoms with Gasteiger partial charge in [0, 0.05) is 10.7 Å². The smallest absolute Gasteiger partial charge is 0.414 e. The van der Waals surface area contributed by atoms with Crippen LogP contribution >= 0.6 is 11.6 Å². The first-order valence-electron chi connectivity index (χ1n) is 7.22. The number of ether oxygens (including phenoxy) is 2. The van der Waals surface area contributed by atoms with Gasteiger partial charge in [-0.3, -0.25) is 4.90 Å². The summed E-state index contributed by atoms with van der Waals surface area (Å²) in [7, 11) is 0. The van der Waals surface area contributed by atoms with Crippen molar-refractivity contribution in [2.45, 2.75) is 12.7 Å². The van der Waals surface area contributed by atoms with E-state index >= 15 is 0 Å². The number of benzene rings is 2. The van der Waals surface area contributed by atoms with E-state index < -0.39 is 12.2 Å². The standard InChI is InChI=1S/C17H16ClNO4/c18-13-3-1-2-12(8-13)11-22-15-6-4-14(5-7-15)19-9-16(10-20)23-17(19)21/h1-8,16,20H,9-11H2/t16-/m1/s1. The minimum Gasteiger partial charge on any atom is -0.489 e. The van der Waals surface area contributed by atoms with Crippen LogP contribution in [0.1, 0.15) is 5.56 Å². The van der Waals surface area contributed by atoms with Crippen LogP contribution in [-0.2, 0) is 11.3 Å². The molecule has 1 aliphatic heterocycles. The third-order valence-electron chi connectivity index (χ3n) is 3.52. The van der Waals surface area contributed by atoms with Crippen molar-refractivity contribution in [1.82, 2.24) is 0 Å². The highest BCUT2D eigenvalue weighted by Crippen LogP contribution is 2.24. The summed E-state index contributed by atoms with van der Waals surface area (Å²) < 4.78 is 10.7. The number of rotatable bonds is 5. The largest absolute Gasteiger partial charge is 0.489 e. The molecule has 1 fully saturated rings. The molecule has 0 spiro atoms. The van der Waals surface area contributed by atoms with E-state index in [0.717, 1.165) is 5.56 Å². The van der Waals surface area contributed by atoms with Crippen LogP contribution in [0.25, 0.3) is 0 Å². The van der Waals surface area contributed by atoms with Crippen molar-refractivity contribution in [1.29, 1.82) is 0 Å². The Morgan fingerprint density at radius 3 is 2.70 bits per heavy atom. The number of aliphatic hydroxyl groups excluding tert-OH is 1. The zero-order chi connectivity index (χ0) is 16.2. The first-order valence-corrected chi connectivity index (χ1v) is 7.60. The third-order valence-corrected chi connectivity index (χ3v) is 3.76. The van der Waals surface area contributed by atoms with E-state index in [1.54, 1.807) is 24.3 Å². The molecule has 0 aromatic heterocycles. The molecule has 2 aromatic carbocycles. The molecule has 120 valence electrons. The van der Waals surface area contributed by atoms with E-state index in [0.29, 0.717) is 29.6 Å². The molecule has 1 atom stereocenters. The van der Waals surface area contributed by atoms with Gasteiger partial charge < -0.3 is 14.6 Å². The summed E-state index contributed by atoms with van der Waals surface area (Å²) in [5.74, 6) is 0.694. The number of nitrogens with zero attached hydrogens (tertiary/aromatic N) is 1. The van der Waals surface area contributed by atoms with Crippen molar-refractivity contribution in [2.75, 3.05) is 18.1 Å². The Morgan fingerprint density at radius 2 is 2.04 bits per heavy atom. The quantitative estimate of drug-likeness (QED) is 0.912. The first-order chi connectivity index (χ1) is 11.2. The molecule has 0 aliphatic carbocycles. The van der Waals surface area contributed by atoms with E-state index in [1.165, 1.54) is 4.90 Å². The first kappa shape index (κ1) is 15.6. The lowest BCUT2D eigenvalue weighted by Crippen LogP contribution is -2.25. The average molecular weight is 334 g/mol. The lowest BCUT2D eigenvalue weighted by Gasteiger charge is -2.13. The topological polar surface area (TPSA) is 59.0 Å². The predicted molar refractivity (Wildman–Crippen MR) is 86.9 cm³/mol. The molecule has 0 saturated carbocycles. The van der Waals surface area contributed by atoms with E-state index in [-0.39, 0.29) is 6.61 Å². The predicted octanol–water partition coefficient (Wildman–Crippen LogP) is 3.24. The van der Waals surface area contributed by atoms with Gasteiger partial charge in [-0.25, -0.2) is 4.79 Å². The second-order valence-electron chi connectivity index (χ2n) is 5.21. The molecule has 0 radical (unpaired) electrons. The molecule has 1 heterocycles. The van der Waals surface area contributed by atoms with Crippen molar-refractivity contribution >= 4 is 23.4 Å². The Morgan fingerprint density at radius 1 is 1.26 bits per heavy atom. The molecule has 3 rings (SSSR count). The Bertz CT molecular complexity index is 689. The minimum atomic E-state index is -0.471. The van der Waals surface area contributed by atoms with E-state index in [4.69, 9.17) is 26.2 Å². The second-order valence-corrected chi connectivity index (χ2v) is 5.65. The average Bonchev–Trinajstić information content (AvgIpc) is 2.95. The van der Waals surface area contributed by atoms with Gasteiger partial charge in [0.2, 0.25) is 0 Å². The molecular formula is C17H16ClNO4. The van der Waals surface area contributed by atoms with Gasteiger partial charge in [-0.1, -0.05) is 23.7 Å². The number of amides is 1. The highest BCUT2D eigenvalue weighted by Gasteiger charge is 2.31. The van der Waals surface area contributed by atoms with Crippen LogP contribution in [0.5, 0.6) is 5.75 Å². The van der Waals surface area contributed by atoms with Crippen molar-refractivity contribution in [3.63, 3.8) is 0 Å². The zero-order valence-electron chi connectivity index (χ0n) is 12.3. The Kier molecular flexibility index (Phi) is 4.69. The fourth-order valence-electron chi connectivity index (χ4n) is 2.34.